The van der Waals surface area contributed by atoms with Crippen molar-refractivity contribution in [3.05, 3.63) is 59.7 Å². The number of ether oxygens (including phenoxy) is 1. The van der Waals surface area contributed by atoms with Crippen molar-refractivity contribution in [3.8, 4) is 0 Å². The molecule has 126 valence electrons. The van der Waals surface area contributed by atoms with Gasteiger partial charge in [0.25, 0.3) is 0 Å². The number of rotatable bonds is 6. The molecule has 5 nitrogen and oxygen atoms in total. The molecule has 23 heavy (non-hydrogen) atoms. The molecule has 0 saturated heterocycles. The lowest BCUT2D eigenvalue weighted by Gasteiger charge is -2.06. The first-order valence-corrected chi connectivity index (χ1v) is 7.51. The number of primary amides is 1. The van der Waals surface area contributed by atoms with Crippen LogP contribution in [0.15, 0.2) is 54.1 Å². The number of nitrogens with two attached hydrogens (primary N) is 1. The first-order chi connectivity index (χ1) is 11.0. The van der Waals surface area contributed by atoms with Crippen LogP contribution in [0, 0.1) is 6.92 Å². The fraction of sp³-hybridized carbons (Fsp3) is 0.333. The summed E-state index contributed by atoms with van der Waals surface area (Å²) in [5.74, 6) is -0.602. The number of amides is 2. The molecule has 0 radical (unpaired) electrons. The van der Waals surface area contributed by atoms with Crippen LogP contribution < -0.4 is 11.1 Å². The predicted molar refractivity (Wildman–Crippen MR) is 92.9 cm³/mol. The number of benzene rings is 1. The van der Waals surface area contributed by atoms with Crippen LogP contribution in [0.2, 0.25) is 0 Å². The summed E-state index contributed by atoms with van der Waals surface area (Å²) in [6.07, 6.45) is 5.91. The van der Waals surface area contributed by atoms with E-state index in [0.29, 0.717) is 0 Å². The number of carbonyl (C=O) groups excluding carboxylic acids is 2. The summed E-state index contributed by atoms with van der Waals surface area (Å²) in [7, 11) is 0. The van der Waals surface area contributed by atoms with Gasteiger partial charge < -0.3 is 15.8 Å². The van der Waals surface area contributed by atoms with Crippen LogP contribution in [0.4, 0.5) is 4.79 Å². The van der Waals surface area contributed by atoms with E-state index in [1.165, 1.54) is 5.56 Å². The van der Waals surface area contributed by atoms with E-state index in [9.17, 15) is 9.59 Å². The van der Waals surface area contributed by atoms with Crippen LogP contribution in [-0.2, 0) is 9.53 Å². The number of nitrogens with one attached hydrogen (secondary N) is 1. The highest BCUT2D eigenvalue weighted by atomic mass is 16.5. The molecule has 0 aliphatic rings. The zero-order chi connectivity index (χ0) is 17.5. The molecule has 3 N–H and O–H groups in total. The van der Waals surface area contributed by atoms with E-state index >= 15 is 0 Å². The van der Waals surface area contributed by atoms with Gasteiger partial charge in [0.1, 0.15) is 6.61 Å². The Labute approximate surface area is 138 Å². The van der Waals surface area contributed by atoms with Gasteiger partial charge in [-0.25, -0.2) is 4.79 Å². The van der Waals surface area contributed by atoms with E-state index in [1.54, 1.807) is 0 Å². The summed E-state index contributed by atoms with van der Waals surface area (Å²) < 4.78 is 4.88. The Bertz CT molecular complexity index is 522. The molecule has 2 amide bonds. The Balaban J connectivity index is 0.000000568. The molecule has 0 aliphatic heterocycles. The van der Waals surface area contributed by atoms with Gasteiger partial charge in [-0.15, -0.1) is 0 Å². The molecular weight excluding hydrogens is 292 g/mol. The third-order valence-electron chi connectivity index (χ3n) is 2.56. The van der Waals surface area contributed by atoms with Gasteiger partial charge in [-0.3, -0.25) is 4.79 Å². The summed E-state index contributed by atoms with van der Waals surface area (Å²) in [4.78, 5) is 21.4. The highest BCUT2D eigenvalue weighted by Crippen LogP contribution is 2.00. The van der Waals surface area contributed by atoms with Crippen molar-refractivity contribution in [2.75, 3.05) is 13.2 Å². The molecule has 1 aromatic carbocycles. The Morgan fingerprint density at radius 3 is 2.35 bits per heavy atom. The predicted octanol–water partition coefficient (Wildman–Crippen LogP) is 3.11. The largest absolute Gasteiger partial charge is 0.445 e. The standard InChI is InChI=1S/C11H18N2O3.C7H8/c1-3-5-9(6-4-2)8-16-11(15)13-7-10(12)14;1-7-5-3-2-4-6-7/h3,5-6H,4,7-8H2,1-2H3,(H2,12,14)(H,13,15);2-6H,1H3/b5-3-,9-6+;. The van der Waals surface area contributed by atoms with E-state index in [4.69, 9.17) is 10.5 Å². The van der Waals surface area contributed by atoms with Gasteiger partial charge in [0.2, 0.25) is 5.91 Å². The second-order valence-corrected chi connectivity index (χ2v) is 4.74. The molecule has 0 spiro atoms. The fourth-order valence-corrected chi connectivity index (χ4v) is 1.54. The maximum Gasteiger partial charge on any atom is 0.407 e. The second-order valence-electron chi connectivity index (χ2n) is 4.74. The number of alkyl carbamates (subject to hydrolysis) is 1. The average molecular weight is 318 g/mol. The van der Waals surface area contributed by atoms with Crippen molar-refractivity contribution >= 4 is 12.0 Å². The maximum atomic E-state index is 11.1. The van der Waals surface area contributed by atoms with E-state index in [2.05, 4.69) is 24.4 Å². The summed E-state index contributed by atoms with van der Waals surface area (Å²) in [6.45, 7) is 5.94. The molecule has 0 atom stereocenters. The van der Waals surface area contributed by atoms with Crippen LogP contribution in [0.1, 0.15) is 25.8 Å². The number of hydrogen-bond donors (Lipinski definition) is 2. The minimum Gasteiger partial charge on any atom is -0.445 e. The SMILES string of the molecule is C/C=C\C(=C/CC)COC(=O)NCC(N)=O.Cc1ccccc1. The van der Waals surface area contributed by atoms with Crippen LogP contribution >= 0.6 is 0 Å². The van der Waals surface area contributed by atoms with Gasteiger partial charge >= 0.3 is 6.09 Å². The third kappa shape index (κ3) is 12.9. The maximum absolute atomic E-state index is 11.1. The van der Waals surface area contributed by atoms with Crippen molar-refractivity contribution in [3.63, 3.8) is 0 Å². The molecule has 5 heteroatoms. The Morgan fingerprint density at radius 1 is 1.26 bits per heavy atom. The van der Waals surface area contributed by atoms with Gasteiger partial charge in [-0.1, -0.05) is 61.0 Å². The van der Waals surface area contributed by atoms with Gasteiger partial charge in [-0.05, 0) is 25.8 Å². The summed E-state index contributed by atoms with van der Waals surface area (Å²) in [6, 6.07) is 10.3. The molecule has 0 aliphatic carbocycles. The minimum atomic E-state index is -0.648. The second kappa shape index (κ2) is 13.1. The average Bonchev–Trinajstić information content (AvgIpc) is 2.52. The van der Waals surface area contributed by atoms with Crippen LogP contribution in [0.3, 0.4) is 0 Å². The van der Waals surface area contributed by atoms with E-state index in [0.717, 1.165) is 12.0 Å². The first kappa shape index (κ1) is 20.4. The molecule has 0 bridgehead atoms. The molecular formula is C18H26N2O3. The Morgan fingerprint density at radius 2 is 1.91 bits per heavy atom. The van der Waals surface area contributed by atoms with Gasteiger partial charge in [-0.2, -0.15) is 0 Å². The topological polar surface area (TPSA) is 81.4 Å². The zero-order valence-corrected chi connectivity index (χ0v) is 14.0. The fourth-order valence-electron chi connectivity index (χ4n) is 1.54. The smallest absolute Gasteiger partial charge is 0.407 e. The summed E-state index contributed by atoms with van der Waals surface area (Å²) in [5, 5.41) is 2.23. The van der Waals surface area contributed by atoms with E-state index in [1.807, 2.05) is 50.3 Å². The highest BCUT2D eigenvalue weighted by Gasteiger charge is 2.03. The third-order valence-corrected chi connectivity index (χ3v) is 2.56. The Hall–Kier alpha value is -2.56. The zero-order valence-electron chi connectivity index (χ0n) is 14.0. The molecule has 1 aromatic rings. The lowest BCUT2D eigenvalue weighted by Crippen LogP contribution is -2.33. The number of hydrogen-bond acceptors (Lipinski definition) is 3. The lowest BCUT2D eigenvalue weighted by molar-refractivity contribution is -0.117. The van der Waals surface area contributed by atoms with Gasteiger partial charge in [0.15, 0.2) is 0 Å². The summed E-state index contributed by atoms with van der Waals surface area (Å²) in [5.41, 5.74) is 7.10. The van der Waals surface area contributed by atoms with Crippen LogP contribution in [-0.4, -0.2) is 25.2 Å². The van der Waals surface area contributed by atoms with Gasteiger partial charge in [0.05, 0.1) is 6.54 Å². The lowest BCUT2D eigenvalue weighted by atomic mass is 10.2. The highest BCUT2D eigenvalue weighted by molar-refractivity contribution is 5.80. The van der Waals surface area contributed by atoms with Crippen molar-refractivity contribution < 1.29 is 14.3 Å². The minimum absolute atomic E-state index is 0.183. The molecule has 0 aromatic heterocycles. The molecule has 0 unspecified atom stereocenters. The first-order valence-electron chi connectivity index (χ1n) is 7.51. The molecule has 1 rings (SSSR count). The number of carbonyl (C=O) groups is 2. The number of aryl methyl sites for hydroxylation is 1. The van der Waals surface area contributed by atoms with E-state index < -0.39 is 12.0 Å². The Kier molecular flexibility index (Phi) is 11.7. The molecule has 0 fully saturated rings. The van der Waals surface area contributed by atoms with Crippen molar-refractivity contribution in [1.29, 1.82) is 0 Å². The van der Waals surface area contributed by atoms with Crippen molar-refractivity contribution in [1.82, 2.24) is 5.32 Å². The molecule has 0 saturated carbocycles. The van der Waals surface area contributed by atoms with Crippen molar-refractivity contribution in [2.45, 2.75) is 27.2 Å². The summed E-state index contributed by atoms with van der Waals surface area (Å²) >= 11 is 0. The normalized spacial score (nSPS) is 10.7. The van der Waals surface area contributed by atoms with Crippen LogP contribution in [0.5, 0.6) is 0 Å². The monoisotopic (exact) mass is 318 g/mol. The van der Waals surface area contributed by atoms with Crippen molar-refractivity contribution in [2.24, 2.45) is 5.73 Å². The quantitative estimate of drug-likeness (QED) is 0.791. The number of allylic oxidation sites excluding steroid dienone is 2. The van der Waals surface area contributed by atoms with Gasteiger partial charge in [0, 0.05) is 0 Å². The van der Waals surface area contributed by atoms with E-state index in [-0.39, 0.29) is 13.2 Å². The molecule has 0 heterocycles. The van der Waals surface area contributed by atoms with Crippen LogP contribution in [0.25, 0.3) is 0 Å².